The van der Waals surface area contributed by atoms with Gasteiger partial charge in [0, 0.05) is 19.1 Å². The van der Waals surface area contributed by atoms with Crippen LogP contribution in [0.4, 0.5) is 0 Å². The fraction of sp³-hybridized carbons (Fsp3) is 0.341. The zero-order chi connectivity index (χ0) is 39.8. The average Bonchev–Trinajstić information content (AvgIpc) is 3.66. The first-order valence-electron chi connectivity index (χ1n) is 19.0. The number of esters is 5. The molecule has 2 aliphatic rings. The number of carbonyl (C=O) groups excluding carboxylic acids is 5. The molecular formula is C44H47N3O10. The zero-order valence-electron chi connectivity index (χ0n) is 31.7. The highest BCUT2D eigenvalue weighted by Crippen LogP contribution is 2.26. The van der Waals surface area contributed by atoms with Crippen molar-refractivity contribution in [3.63, 3.8) is 0 Å². The lowest BCUT2D eigenvalue weighted by molar-refractivity contribution is -0.161. The number of hydrogen-bond acceptors (Lipinski definition) is 13. The molecule has 0 saturated carbocycles. The predicted octanol–water partition coefficient (Wildman–Crippen LogP) is 3.93. The Morgan fingerprint density at radius 3 is 1.53 bits per heavy atom. The van der Waals surface area contributed by atoms with E-state index in [2.05, 4.69) is 0 Å². The van der Waals surface area contributed by atoms with Gasteiger partial charge in [0.2, 0.25) is 0 Å². The molecule has 0 aliphatic carbocycles. The molecule has 0 bridgehead atoms. The van der Waals surface area contributed by atoms with Gasteiger partial charge in [0.15, 0.2) is 0 Å². The molecule has 0 spiro atoms. The molecular weight excluding hydrogens is 730 g/mol. The van der Waals surface area contributed by atoms with E-state index in [-0.39, 0.29) is 78.7 Å². The van der Waals surface area contributed by atoms with Gasteiger partial charge in [-0.1, -0.05) is 121 Å². The molecule has 0 N–H and O–H groups in total. The van der Waals surface area contributed by atoms with Crippen molar-refractivity contribution in [2.24, 2.45) is 0 Å². The molecule has 13 heteroatoms. The number of benzene rings is 4. The minimum atomic E-state index is -0.834. The maximum Gasteiger partial charge on any atom is 0.323 e. The zero-order valence-corrected chi connectivity index (χ0v) is 31.7. The first-order chi connectivity index (χ1) is 27.8. The Morgan fingerprint density at radius 1 is 0.596 bits per heavy atom. The van der Waals surface area contributed by atoms with E-state index in [9.17, 15) is 24.0 Å². The number of carbonyl (C=O) groups is 5. The molecule has 3 atom stereocenters. The van der Waals surface area contributed by atoms with E-state index < -0.39 is 48.0 Å². The third-order valence-electron chi connectivity index (χ3n) is 9.85. The maximum atomic E-state index is 13.8. The lowest BCUT2D eigenvalue weighted by atomic mass is 10.1. The van der Waals surface area contributed by atoms with Crippen molar-refractivity contribution < 1.29 is 47.7 Å². The molecule has 4 aromatic rings. The number of nitrogens with zero attached hydrogens (tertiary/aromatic N) is 3. The van der Waals surface area contributed by atoms with Crippen LogP contribution in [0.5, 0.6) is 0 Å². The second kappa shape index (κ2) is 20.9. The molecule has 4 aromatic carbocycles. The van der Waals surface area contributed by atoms with Crippen LogP contribution in [-0.4, -0.2) is 109 Å². The van der Waals surface area contributed by atoms with Gasteiger partial charge >= 0.3 is 29.8 Å². The van der Waals surface area contributed by atoms with Gasteiger partial charge in [-0.25, -0.2) is 0 Å². The Bertz CT molecular complexity index is 1920. The number of morpholine rings is 1. The van der Waals surface area contributed by atoms with E-state index in [4.69, 9.17) is 23.7 Å². The first-order valence-corrected chi connectivity index (χ1v) is 19.0. The number of cyclic esters (lactones) is 1. The van der Waals surface area contributed by atoms with Crippen molar-refractivity contribution in [1.29, 1.82) is 0 Å². The van der Waals surface area contributed by atoms with Crippen molar-refractivity contribution in [3.05, 3.63) is 144 Å². The van der Waals surface area contributed by atoms with E-state index >= 15 is 0 Å². The summed E-state index contributed by atoms with van der Waals surface area (Å²) in [5.74, 6) is -2.55. The minimum Gasteiger partial charge on any atom is -0.463 e. The Hall–Kier alpha value is -5.89. The van der Waals surface area contributed by atoms with Crippen LogP contribution in [0.2, 0.25) is 0 Å². The van der Waals surface area contributed by atoms with Gasteiger partial charge in [-0.05, 0) is 28.7 Å². The lowest BCUT2D eigenvalue weighted by Crippen LogP contribution is -2.56. The molecule has 2 saturated heterocycles. The Balaban J connectivity index is 1.18. The molecule has 0 unspecified atom stereocenters. The van der Waals surface area contributed by atoms with Crippen LogP contribution in [0.15, 0.2) is 121 Å². The number of hydrogen-bond donors (Lipinski definition) is 0. The molecule has 0 radical (unpaired) electrons. The van der Waals surface area contributed by atoms with Crippen LogP contribution in [-0.2, 0) is 74.1 Å². The molecule has 298 valence electrons. The van der Waals surface area contributed by atoms with Crippen molar-refractivity contribution in [1.82, 2.24) is 14.7 Å². The van der Waals surface area contributed by atoms with Crippen LogP contribution < -0.4 is 0 Å². The summed E-state index contributed by atoms with van der Waals surface area (Å²) < 4.78 is 28.0. The summed E-state index contributed by atoms with van der Waals surface area (Å²) in [6, 6.07) is 35.4. The average molecular weight is 778 g/mol. The molecule has 2 aliphatic heterocycles. The van der Waals surface area contributed by atoms with E-state index in [0.29, 0.717) is 0 Å². The second-order valence-electron chi connectivity index (χ2n) is 14.0. The van der Waals surface area contributed by atoms with Gasteiger partial charge in [0.25, 0.3) is 0 Å². The summed E-state index contributed by atoms with van der Waals surface area (Å²) in [5, 5.41) is 0. The Kier molecular flexibility index (Phi) is 14.9. The monoisotopic (exact) mass is 777 g/mol. The normalized spacial score (nSPS) is 18.4. The summed E-state index contributed by atoms with van der Waals surface area (Å²) in [5.41, 5.74) is 3.28. The highest BCUT2D eigenvalue weighted by Gasteiger charge is 2.43. The van der Waals surface area contributed by atoms with E-state index in [0.717, 1.165) is 22.3 Å². The second-order valence-corrected chi connectivity index (χ2v) is 14.0. The van der Waals surface area contributed by atoms with Gasteiger partial charge < -0.3 is 23.7 Å². The van der Waals surface area contributed by atoms with Gasteiger partial charge in [-0.3, -0.25) is 38.7 Å². The van der Waals surface area contributed by atoms with Gasteiger partial charge in [0.05, 0.1) is 32.2 Å². The largest absolute Gasteiger partial charge is 0.463 e. The fourth-order valence-corrected chi connectivity index (χ4v) is 6.84. The van der Waals surface area contributed by atoms with E-state index in [1.54, 1.807) is 9.80 Å². The van der Waals surface area contributed by atoms with E-state index in [1.165, 1.54) is 0 Å². The standard InChI is InChI=1S/C44H47N3O10/c48-40(53-28-33-13-5-1-6-14-33)24-45(23-38-32-56-42(50)26-46(38)25-41(49)54-29-34-15-7-2-8-16-34)37-21-39(44(52)57-31-36-19-11-4-12-20-36)47(22-37)27-43(51)55-30-35-17-9-3-10-18-35/h1-20,37-39H,21-32H2/t37-,38+,39-/m0/s1. The predicted molar refractivity (Wildman–Crippen MR) is 207 cm³/mol. The van der Waals surface area contributed by atoms with Crippen molar-refractivity contribution >= 4 is 29.8 Å². The summed E-state index contributed by atoms with van der Waals surface area (Å²) >= 11 is 0. The van der Waals surface area contributed by atoms with Crippen molar-refractivity contribution in [2.45, 2.75) is 51.0 Å². The van der Waals surface area contributed by atoms with Gasteiger partial charge in [0.1, 0.15) is 39.1 Å². The quantitative estimate of drug-likeness (QED) is 0.107. The number of rotatable bonds is 18. The number of ether oxygens (including phenoxy) is 5. The molecule has 13 nitrogen and oxygen atoms in total. The molecule has 0 aromatic heterocycles. The van der Waals surface area contributed by atoms with Crippen molar-refractivity contribution in [2.75, 3.05) is 45.9 Å². The summed E-state index contributed by atoms with van der Waals surface area (Å²) in [7, 11) is 0. The third-order valence-corrected chi connectivity index (χ3v) is 9.85. The molecule has 6 rings (SSSR count). The Morgan fingerprint density at radius 2 is 1.04 bits per heavy atom. The van der Waals surface area contributed by atoms with Gasteiger partial charge in [-0.15, -0.1) is 0 Å². The third kappa shape index (κ3) is 12.8. The van der Waals surface area contributed by atoms with Crippen LogP contribution in [0.1, 0.15) is 28.7 Å². The highest BCUT2D eigenvalue weighted by molar-refractivity contribution is 5.79. The first kappa shape index (κ1) is 40.8. The smallest absolute Gasteiger partial charge is 0.323 e. The Labute approximate surface area is 332 Å². The molecule has 57 heavy (non-hydrogen) atoms. The summed E-state index contributed by atoms with van der Waals surface area (Å²) in [6.45, 7) is -0.103. The maximum absolute atomic E-state index is 13.8. The van der Waals surface area contributed by atoms with Crippen molar-refractivity contribution in [3.8, 4) is 0 Å². The molecule has 2 heterocycles. The van der Waals surface area contributed by atoms with Crippen LogP contribution in [0.3, 0.4) is 0 Å². The van der Waals surface area contributed by atoms with Gasteiger partial charge in [-0.2, -0.15) is 0 Å². The van der Waals surface area contributed by atoms with Crippen LogP contribution in [0.25, 0.3) is 0 Å². The minimum absolute atomic E-state index is 0.0366. The fourth-order valence-electron chi connectivity index (χ4n) is 6.84. The number of likely N-dealkylation sites (tertiary alicyclic amines) is 1. The molecule has 0 amide bonds. The van der Waals surface area contributed by atoms with E-state index in [1.807, 2.05) is 126 Å². The van der Waals surface area contributed by atoms with Crippen LogP contribution >= 0.6 is 0 Å². The molecule has 2 fully saturated rings. The lowest BCUT2D eigenvalue weighted by Gasteiger charge is -2.38. The SMILES string of the molecule is O=C(CN1CC(=O)OC[C@H]1CN(CC(=O)OCc1ccccc1)[C@H]1C[C@@H](C(=O)OCc2ccccc2)N(CC(=O)OCc2ccccc2)C1)OCc1ccccc1. The summed E-state index contributed by atoms with van der Waals surface area (Å²) in [4.78, 5) is 71.3. The topological polar surface area (TPSA) is 141 Å². The highest BCUT2D eigenvalue weighted by atomic mass is 16.6. The summed E-state index contributed by atoms with van der Waals surface area (Å²) in [6.07, 6.45) is 0.219. The van der Waals surface area contributed by atoms with Crippen LogP contribution in [0, 0.1) is 0 Å².